The predicted molar refractivity (Wildman–Crippen MR) is 61.6 cm³/mol. The van der Waals surface area contributed by atoms with Crippen molar-refractivity contribution >= 4 is 39.3 Å². The zero-order valence-corrected chi connectivity index (χ0v) is 9.28. The summed E-state index contributed by atoms with van der Waals surface area (Å²) < 4.78 is 1.13. The summed E-state index contributed by atoms with van der Waals surface area (Å²) in [6.07, 6.45) is 1.70. The number of carbonyl (C=O) groups excluding carboxylic acids is 1. The highest BCUT2D eigenvalue weighted by molar-refractivity contribution is 7.17. The number of hydrogen-bond donors (Lipinski definition) is 0. The largest absolute Gasteiger partial charge is 0.298 e. The summed E-state index contributed by atoms with van der Waals surface area (Å²) in [4.78, 5) is 10.9. The summed E-state index contributed by atoms with van der Waals surface area (Å²) in [6, 6.07) is 4.00. The summed E-state index contributed by atoms with van der Waals surface area (Å²) >= 11 is 7.76. The quantitative estimate of drug-likeness (QED) is 0.707. The average molecular weight is 225 g/mol. The lowest BCUT2D eigenvalue weighted by molar-refractivity contribution is 0.112. The molecular formula is C11H9ClOS. The number of fused-ring (bicyclic) bond motifs is 1. The first-order chi connectivity index (χ1) is 6.77. The van der Waals surface area contributed by atoms with Crippen molar-refractivity contribution in [1.29, 1.82) is 0 Å². The molecule has 72 valence electrons. The normalized spacial score (nSPS) is 10.7. The SMILES string of the molecule is CCc1cc2sccc2c(C=O)c1Cl. The van der Waals surface area contributed by atoms with Crippen LogP contribution in [-0.2, 0) is 6.42 Å². The number of aldehydes is 1. The van der Waals surface area contributed by atoms with Crippen LogP contribution in [0.1, 0.15) is 22.8 Å². The van der Waals surface area contributed by atoms with Gasteiger partial charge in [0, 0.05) is 15.6 Å². The van der Waals surface area contributed by atoms with E-state index in [1.54, 1.807) is 11.3 Å². The molecular weight excluding hydrogens is 216 g/mol. The van der Waals surface area contributed by atoms with Crippen LogP contribution in [0.4, 0.5) is 0 Å². The van der Waals surface area contributed by atoms with Crippen LogP contribution >= 0.6 is 22.9 Å². The summed E-state index contributed by atoms with van der Waals surface area (Å²) in [6.45, 7) is 2.04. The Morgan fingerprint density at radius 3 is 3.00 bits per heavy atom. The summed E-state index contributed by atoms with van der Waals surface area (Å²) in [5.74, 6) is 0. The van der Waals surface area contributed by atoms with Gasteiger partial charge in [-0.15, -0.1) is 11.3 Å². The average Bonchev–Trinajstić information content (AvgIpc) is 2.64. The molecule has 0 aliphatic rings. The molecule has 0 saturated carbocycles. The molecule has 0 aliphatic carbocycles. The van der Waals surface area contributed by atoms with Crippen molar-refractivity contribution in [2.24, 2.45) is 0 Å². The van der Waals surface area contributed by atoms with Crippen LogP contribution in [-0.4, -0.2) is 6.29 Å². The zero-order chi connectivity index (χ0) is 10.1. The van der Waals surface area contributed by atoms with E-state index in [0.717, 1.165) is 28.4 Å². The molecule has 1 nitrogen and oxygen atoms in total. The van der Waals surface area contributed by atoms with Gasteiger partial charge in [0.2, 0.25) is 0 Å². The van der Waals surface area contributed by atoms with E-state index < -0.39 is 0 Å². The molecule has 0 fully saturated rings. The molecule has 1 aromatic carbocycles. The zero-order valence-electron chi connectivity index (χ0n) is 7.71. The fraction of sp³-hybridized carbons (Fsp3) is 0.182. The van der Waals surface area contributed by atoms with E-state index >= 15 is 0 Å². The number of aryl methyl sites for hydroxylation is 1. The fourth-order valence-corrected chi connectivity index (χ4v) is 2.74. The first kappa shape index (κ1) is 9.69. The molecule has 3 heteroatoms. The molecule has 14 heavy (non-hydrogen) atoms. The lowest BCUT2D eigenvalue weighted by atomic mass is 10.1. The molecule has 0 aliphatic heterocycles. The highest BCUT2D eigenvalue weighted by atomic mass is 35.5. The third-order valence-electron chi connectivity index (χ3n) is 2.31. The van der Waals surface area contributed by atoms with E-state index in [9.17, 15) is 4.79 Å². The molecule has 0 bridgehead atoms. The van der Waals surface area contributed by atoms with Crippen LogP contribution in [0.15, 0.2) is 17.5 Å². The first-order valence-electron chi connectivity index (χ1n) is 4.41. The second kappa shape index (κ2) is 3.71. The van der Waals surface area contributed by atoms with Gasteiger partial charge in [-0.3, -0.25) is 4.79 Å². The number of benzene rings is 1. The molecule has 1 aromatic heterocycles. The molecule has 0 atom stereocenters. The maximum absolute atomic E-state index is 10.9. The number of rotatable bonds is 2. The summed E-state index contributed by atoms with van der Waals surface area (Å²) in [5.41, 5.74) is 1.67. The third-order valence-corrected chi connectivity index (χ3v) is 3.62. The van der Waals surface area contributed by atoms with Gasteiger partial charge in [-0.05, 0) is 29.5 Å². The minimum atomic E-state index is 0.605. The van der Waals surface area contributed by atoms with Gasteiger partial charge in [-0.2, -0.15) is 0 Å². The van der Waals surface area contributed by atoms with Crippen LogP contribution in [0, 0.1) is 0 Å². The molecule has 0 saturated heterocycles. The van der Waals surface area contributed by atoms with Crippen molar-refractivity contribution in [3.8, 4) is 0 Å². The van der Waals surface area contributed by atoms with E-state index in [1.807, 2.05) is 18.4 Å². The summed E-state index contributed by atoms with van der Waals surface area (Å²) in [7, 11) is 0. The van der Waals surface area contributed by atoms with Crippen LogP contribution < -0.4 is 0 Å². The van der Waals surface area contributed by atoms with Crippen molar-refractivity contribution in [3.63, 3.8) is 0 Å². The van der Waals surface area contributed by atoms with Gasteiger partial charge < -0.3 is 0 Å². The monoisotopic (exact) mass is 224 g/mol. The Kier molecular flexibility index (Phi) is 2.57. The Balaban J connectivity index is 2.87. The Labute approximate surface area is 91.3 Å². The predicted octanol–water partition coefficient (Wildman–Crippen LogP) is 3.93. The van der Waals surface area contributed by atoms with E-state index in [0.29, 0.717) is 10.6 Å². The lowest BCUT2D eigenvalue weighted by Crippen LogP contribution is -1.89. The van der Waals surface area contributed by atoms with Gasteiger partial charge in [-0.25, -0.2) is 0 Å². The van der Waals surface area contributed by atoms with Crippen molar-refractivity contribution in [2.75, 3.05) is 0 Å². The first-order valence-corrected chi connectivity index (χ1v) is 5.67. The smallest absolute Gasteiger partial charge is 0.152 e. The van der Waals surface area contributed by atoms with Crippen molar-refractivity contribution < 1.29 is 4.79 Å². The van der Waals surface area contributed by atoms with E-state index in [-0.39, 0.29) is 0 Å². The number of carbonyl (C=O) groups is 1. The Morgan fingerprint density at radius 1 is 1.57 bits per heavy atom. The van der Waals surface area contributed by atoms with Crippen molar-refractivity contribution in [3.05, 3.63) is 33.7 Å². The number of thiophene rings is 1. The number of halogens is 1. The Bertz CT molecular complexity index is 487. The minimum Gasteiger partial charge on any atom is -0.298 e. The standard InChI is InChI=1S/C11H9ClOS/c1-2-7-5-10-8(3-4-14-10)9(6-13)11(7)12/h3-6H,2H2,1H3. The van der Waals surface area contributed by atoms with Gasteiger partial charge >= 0.3 is 0 Å². The molecule has 0 amide bonds. The fourth-order valence-electron chi connectivity index (χ4n) is 1.54. The topological polar surface area (TPSA) is 17.1 Å². The Morgan fingerprint density at radius 2 is 2.36 bits per heavy atom. The summed E-state index contributed by atoms with van der Waals surface area (Å²) in [5, 5.41) is 3.55. The lowest BCUT2D eigenvalue weighted by Gasteiger charge is -2.04. The second-order valence-electron chi connectivity index (χ2n) is 3.07. The molecule has 0 unspecified atom stereocenters. The van der Waals surface area contributed by atoms with Gasteiger partial charge in [0.1, 0.15) is 0 Å². The van der Waals surface area contributed by atoms with Gasteiger partial charge in [0.25, 0.3) is 0 Å². The maximum atomic E-state index is 10.9. The molecule has 2 rings (SSSR count). The van der Waals surface area contributed by atoms with E-state index in [1.165, 1.54) is 0 Å². The van der Waals surface area contributed by atoms with Gasteiger partial charge in [-0.1, -0.05) is 18.5 Å². The van der Waals surface area contributed by atoms with Gasteiger partial charge in [0.15, 0.2) is 6.29 Å². The van der Waals surface area contributed by atoms with Crippen LogP contribution in [0.2, 0.25) is 5.02 Å². The maximum Gasteiger partial charge on any atom is 0.152 e. The highest BCUT2D eigenvalue weighted by Crippen LogP contribution is 2.32. The molecule has 0 radical (unpaired) electrons. The van der Waals surface area contributed by atoms with Crippen LogP contribution in [0.3, 0.4) is 0 Å². The van der Waals surface area contributed by atoms with Crippen molar-refractivity contribution in [1.82, 2.24) is 0 Å². The molecule has 0 spiro atoms. The molecule has 2 aromatic rings. The highest BCUT2D eigenvalue weighted by Gasteiger charge is 2.10. The number of hydrogen-bond acceptors (Lipinski definition) is 2. The van der Waals surface area contributed by atoms with E-state index in [4.69, 9.17) is 11.6 Å². The van der Waals surface area contributed by atoms with Crippen LogP contribution in [0.5, 0.6) is 0 Å². The molecule has 0 N–H and O–H groups in total. The second-order valence-corrected chi connectivity index (χ2v) is 4.39. The van der Waals surface area contributed by atoms with Crippen molar-refractivity contribution in [2.45, 2.75) is 13.3 Å². The third kappa shape index (κ3) is 1.35. The van der Waals surface area contributed by atoms with Gasteiger partial charge in [0.05, 0.1) is 5.02 Å². The molecule has 1 heterocycles. The van der Waals surface area contributed by atoms with Crippen LogP contribution in [0.25, 0.3) is 10.1 Å². The minimum absolute atomic E-state index is 0.605. The van der Waals surface area contributed by atoms with E-state index in [2.05, 4.69) is 6.07 Å². The Hall–Kier alpha value is -0.860.